The fourth-order valence-electron chi connectivity index (χ4n) is 4.32. The molecule has 1 saturated carbocycles. The van der Waals surface area contributed by atoms with Gasteiger partial charge in [-0.1, -0.05) is 60.7 Å². The molecule has 1 N–H and O–H groups in total. The summed E-state index contributed by atoms with van der Waals surface area (Å²) in [6.07, 6.45) is 6.27. The summed E-state index contributed by atoms with van der Waals surface area (Å²) in [5.41, 5.74) is 3.82. The van der Waals surface area contributed by atoms with E-state index in [0.29, 0.717) is 16.0 Å². The van der Waals surface area contributed by atoms with Crippen LogP contribution in [-0.4, -0.2) is 22.0 Å². The van der Waals surface area contributed by atoms with E-state index in [1.807, 2.05) is 48.3 Å². The first-order valence-electron chi connectivity index (χ1n) is 10.1. The molecule has 5 rings (SSSR count). The van der Waals surface area contributed by atoms with Crippen LogP contribution in [0.3, 0.4) is 0 Å². The number of benzene rings is 2. The van der Waals surface area contributed by atoms with Gasteiger partial charge in [0.1, 0.15) is 16.9 Å². The SMILES string of the molecule is CN(c1ccc(Cl)c(Cl)c1)c1nc2ccccc2c2nc(C3CCCCC3)[nH]c12. The number of nitrogens with one attached hydrogen (secondary N) is 1. The lowest BCUT2D eigenvalue weighted by atomic mass is 9.89. The molecule has 2 heterocycles. The van der Waals surface area contributed by atoms with Gasteiger partial charge in [-0.25, -0.2) is 9.97 Å². The molecule has 1 fully saturated rings. The van der Waals surface area contributed by atoms with Crippen molar-refractivity contribution >= 4 is 56.6 Å². The predicted octanol–water partition coefficient (Wildman–Crippen LogP) is 7.23. The zero-order valence-corrected chi connectivity index (χ0v) is 17.8. The van der Waals surface area contributed by atoms with Gasteiger partial charge in [-0.15, -0.1) is 0 Å². The van der Waals surface area contributed by atoms with E-state index >= 15 is 0 Å². The van der Waals surface area contributed by atoms with Crippen molar-refractivity contribution in [2.45, 2.75) is 38.0 Å². The van der Waals surface area contributed by atoms with Crippen LogP contribution in [0.5, 0.6) is 0 Å². The van der Waals surface area contributed by atoms with Gasteiger partial charge < -0.3 is 9.88 Å². The molecule has 2 aromatic heterocycles. The van der Waals surface area contributed by atoms with E-state index in [0.717, 1.165) is 39.3 Å². The van der Waals surface area contributed by atoms with Crippen LogP contribution >= 0.6 is 23.2 Å². The quantitative estimate of drug-likeness (QED) is 0.377. The maximum Gasteiger partial charge on any atom is 0.159 e. The molecule has 4 nitrogen and oxygen atoms in total. The average Bonchev–Trinajstić information content (AvgIpc) is 3.21. The van der Waals surface area contributed by atoms with Crippen molar-refractivity contribution in [3.63, 3.8) is 0 Å². The molecule has 0 amide bonds. The highest BCUT2D eigenvalue weighted by Gasteiger charge is 2.22. The van der Waals surface area contributed by atoms with Gasteiger partial charge in [-0.05, 0) is 37.1 Å². The van der Waals surface area contributed by atoms with Crippen LogP contribution in [0.4, 0.5) is 11.5 Å². The summed E-state index contributed by atoms with van der Waals surface area (Å²) in [4.78, 5) is 15.7. The zero-order chi connectivity index (χ0) is 20.0. The Hall–Kier alpha value is -2.30. The van der Waals surface area contributed by atoms with Gasteiger partial charge in [0.2, 0.25) is 0 Å². The third-order valence-corrected chi connectivity index (χ3v) is 6.67. The van der Waals surface area contributed by atoms with E-state index < -0.39 is 0 Å². The lowest BCUT2D eigenvalue weighted by Gasteiger charge is -2.20. The van der Waals surface area contributed by atoms with Gasteiger partial charge in [0.25, 0.3) is 0 Å². The Labute approximate surface area is 179 Å². The Morgan fingerprint density at radius 1 is 0.966 bits per heavy atom. The van der Waals surface area contributed by atoms with Crippen molar-refractivity contribution in [1.82, 2.24) is 15.0 Å². The largest absolute Gasteiger partial charge is 0.339 e. The normalized spacial score (nSPS) is 15.3. The lowest BCUT2D eigenvalue weighted by Crippen LogP contribution is -2.12. The summed E-state index contributed by atoms with van der Waals surface area (Å²) in [6, 6.07) is 13.8. The minimum Gasteiger partial charge on any atom is -0.339 e. The Morgan fingerprint density at radius 3 is 2.55 bits per heavy atom. The number of rotatable bonds is 3. The van der Waals surface area contributed by atoms with E-state index in [2.05, 4.69) is 11.1 Å². The van der Waals surface area contributed by atoms with Crippen LogP contribution in [0, 0.1) is 0 Å². The first-order chi connectivity index (χ1) is 14.1. The molecule has 0 spiro atoms. The van der Waals surface area contributed by atoms with Gasteiger partial charge >= 0.3 is 0 Å². The third kappa shape index (κ3) is 3.34. The number of imidazole rings is 1. The highest BCUT2D eigenvalue weighted by atomic mass is 35.5. The number of anilines is 2. The summed E-state index contributed by atoms with van der Waals surface area (Å²) in [7, 11) is 2.00. The summed E-state index contributed by atoms with van der Waals surface area (Å²) in [5.74, 6) is 2.42. The van der Waals surface area contributed by atoms with E-state index in [-0.39, 0.29) is 0 Å². The molecule has 29 heavy (non-hydrogen) atoms. The number of para-hydroxylation sites is 1. The topological polar surface area (TPSA) is 44.8 Å². The zero-order valence-electron chi connectivity index (χ0n) is 16.3. The molecule has 0 aliphatic heterocycles. The molecule has 1 aliphatic carbocycles. The van der Waals surface area contributed by atoms with Crippen LogP contribution in [0.1, 0.15) is 43.8 Å². The molecule has 2 aromatic carbocycles. The highest BCUT2D eigenvalue weighted by molar-refractivity contribution is 6.42. The molecule has 4 aromatic rings. The number of H-pyrrole nitrogens is 1. The van der Waals surface area contributed by atoms with Gasteiger partial charge in [0, 0.05) is 24.0 Å². The molecular weight excluding hydrogens is 403 g/mol. The molecular formula is C23H22Cl2N4. The van der Waals surface area contributed by atoms with Crippen molar-refractivity contribution in [1.29, 1.82) is 0 Å². The van der Waals surface area contributed by atoms with Crippen LogP contribution in [0.15, 0.2) is 42.5 Å². The van der Waals surface area contributed by atoms with E-state index in [4.69, 9.17) is 33.2 Å². The first kappa shape index (κ1) is 18.7. The van der Waals surface area contributed by atoms with E-state index in [1.54, 1.807) is 0 Å². The van der Waals surface area contributed by atoms with Crippen molar-refractivity contribution in [3.05, 3.63) is 58.3 Å². The Bertz CT molecular complexity index is 1190. The Kier molecular flexibility index (Phi) is 4.84. The molecule has 6 heteroatoms. The fourth-order valence-corrected chi connectivity index (χ4v) is 4.61. The van der Waals surface area contributed by atoms with Crippen molar-refractivity contribution in [2.75, 3.05) is 11.9 Å². The number of aromatic nitrogens is 3. The molecule has 0 saturated heterocycles. The number of halogens is 2. The number of pyridine rings is 1. The molecule has 0 bridgehead atoms. The molecule has 148 valence electrons. The maximum atomic E-state index is 6.27. The number of aromatic amines is 1. The van der Waals surface area contributed by atoms with Crippen molar-refractivity contribution < 1.29 is 0 Å². The molecule has 0 radical (unpaired) electrons. The van der Waals surface area contributed by atoms with E-state index in [9.17, 15) is 0 Å². The van der Waals surface area contributed by atoms with Crippen molar-refractivity contribution in [2.24, 2.45) is 0 Å². The average molecular weight is 425 g/mol. The highest BCUT2D eigenvalue weighted by Crippen LogP contribution is 2.38. The molecule has 1 aliphatic rings. The van der Waals surface area contributed by atoms with Crippen LogP contribution < -0.4 is 4.90 Å². The van der Waals surface area contributed by atoms with Crippen LogP contribution in [0.25, 0.3) is 21.9 Å². The first-order valence-corrected chi connectivity index (χ1v) is 10.8. The number of nitrogens with zero attached hydrogens (tertiary/aromatic N) is 3. The fraction of sp³-hybridized carbons (Fsp3) is 0.304. The number of hydrogen-bond donors (Lipinski definition) is 1. The van der Waals surface area contributed by atoms with E-state index in [1.165, 1.54) is 32.1 Å². The van der Waals surface area contributed by atoms with Gasteiger partial charge in [-0.2, -0.15) is 0 Å². The minimum absolute atomic E-state index is 0.498. The second-order valence-electron chi connectivity index (χ2n) is 7.79. The van der Waals surface area contributed by atoms with Gasteiger partial charge in [-0.3, -0.25) is 0 Å². The maximum absolute atomic E-state index is 6.27. The standard InChI is InChI=1S/C23H22Cl2N4/c1-29(15-11-12-17(24)18(25)13-15)23-21-20(16-9-5-6-10-19(16)26-23)27-22(28-21)14-7-3-2-4-8-14/h5-6,9-14H,2-4,7-8H2,1H3,(H,27,28). The lowest BCUT2D eigenvalue weighted by molar-refractivity contribution is 0.431. The second-order valence-corrected chi connectivity index (χ2v) is 8.60. The third-order valence-electron chi connectivity index (χ3n) is 5.93. The summed E-state index contributed by atoms with van der Waals surface area (Å²) in [5, 5.41) is 2.15. The van der Waals surface area contributed by atoms with Gasteiger partial charge in [0.05, 0.1) is 15.6 Å². The summed E-state index contributed by atoms with van der Waals surface area (Å²) in [6.45, 7) is 0. The Balaban J connectivity index is 1.70. The molecule has 0 atom stereocenters. The smallest absolute Gasteiger partial charge is 0.159 e. The number of hydrogen-bond acceptors (Lipinski definition) is 3. The monoisotopic (exact) mass is 424 g/mol. The Morgan fingerprint density at radius 2 is 1.76 bits per heavy atom. The number of fused-ring (bicyclic) bond motifs is 3. The van der Waals surface area contributed by atoms with Gasteiger partial charge in [0.15, 0.2) is 5.82 Å². The second kappa shape index (κ2) is 7.51. The molecule has 0 unspecified atom stereocenters. The minimum atomic E-state index is 0.498. The van der Waals surface area contributed by atoms with Crippen LogP contribution in [0.2, 0.25) is 10.0 Å². The predicted molar refractivity (Wildman–Crippen MR) is 122 cm³/mol. The summed E-state index contributed by atoms with van der Waals surface area (Å²) >= 11 is 12.4. The van der Waals surface area contributed by atoms with Crippen LogP contribution in [-0.2, 0) is 0 Å². The van der Waals surface area contributed by atoms with Crippen molar-refractivity contribution in [3.8, 4) is 0 Å². The summed E-state index contributed by atoms with van der Waals surface area (Å²) < 4.78 is 0.